The molecule has 1 aliphatic rings. The lowest BCUT2D eigenvalue weighted by Crippen LogP contribution is -2.44. The minimum absolute atomic E-state index is 0.00775. The smallest absolute Gasteiger partial charge is 0.276 e. The third-order valence-corrected chi connectivity index (χ3v) is 5.93. The largest absolute Gasteiger partial charge is 0.281 e. The van der Waals surface area contributed by atoms with E-state index in [2.05, 4.69) is 11.2 Å². The maximum atomic E-state index is 12.5. The Hall–Kier alpha value is -1.70. The third kappa shape index (κ3) is 2.55. The van der Waals surface area contributed by atoms with E-state index in [1.807, 2.05) is 37.6 Å². The Morgan fingerprint density at radius 1 is 1.27 bits per heavy atom. The highest BCUT2D eigenvalue weighted by atomic mass is 32.2. The fraction of sp³-hybridized carbons (Fsp3) is 0.400. The zero-order valence-corrected chi connectivity index (χ0v) is 13.8. The van der Waals surface area contributed by atoms with Gasteiger partial charge < -0.3 is 0 Å². The van der Waals surface area contributed by atoms with Crippen LogP contribution in [0, 0.1) is 0 Å². The highest BCUT2D eigenvalue weighted by Crippen LogP contribution is 2.34. The first-order valence-corrected chi connectivity index (χ1v) is 8.53. The molecule has 0 saturated carbocycles. The molecule has 6 nitrogen and oxygen atoms in total. The second kappa shape index (κ2) is 5.49. The molecule has 0 fully saturated rings. The number of benzene rings is 1. The summed E-state index contributed by atoms with van der Waals surface area (Å²) in [5, 5.41) is 4.23. The fourth-order valence-corrected chi connectivity index (χ4v) is 3.99. The molecular weight excluding hydrogens is 300 g/mol. The Morgan fingerprint density at radius 2 is 2.00 bits per heavy atom. The first kappa shape index (κ1) is 15.2. The zero-order chi connectivity index (χ0) is 15.9. The van der Waals surface area contributed by atoms with Gasteiger partial charge in [-0.05, 0) is 16.7 Å². The summed E-state index contributed by atoms with van der Waals surface area (Å²) in [6.45, 7) is 0.844. The van der Waals surface area contributed by atoms with Crippen LogP contribution in [0.4, 0.5) is 0 Å². The third-order valence-electron chi connectivity index (χ3n) is 4.08. The summed E-state index contributed by atoms with van der Waals surface area (Å²) in [5.41, 5.74) is 3.27. The molecule has 7 heteroatoms. The van der Waals surface area contributed by atoms with Crippen LogP contribution in [0.1, 0.15) is 22.6 Å². The van der Waals surface area contributed by atoms with Crippen molar-refractivity contribution in [1.82, 2.24) is 18.4 Å². The summed E-state index contributed by atoms with van der Waals surface area (Å²) >= 11 is 0. The van der Waals surface area contributed by atoms with Crippen molar-refractivity contribution in [2.45, 2.75) is 12.5 Å². The molecule has 1 aromatic carbocycles. The van der Waals surface area contributed by atoms with Gasteiger partial charge in [-0.25, -0.2) is 0 Å². The highest BCUT2D eigenvalue weighted by molar-refractivity contribution is 7.86. The number of aromatic nitrogens is 2. The number of hydrogen-bond donors (Lipinski definition) is 0. The van der Waals surface area contributed by atoms with Gasteiger partial charge in [0.2, 0.25) is 0 Å². The van der Waals surface area contributed by atoms with Crippen molar-refractivity contribution < 1.29 is 8.42 Å². The second-order valence-corrected chi connectivity index (χ2v) is 7.92. The fourth-order valence-electron chi connectivity index (χ4n) is 2.89. The normalized spacial score (nSPS) is 19.4. The number of aryl methyl sites for hydroxylation is 1. The van der Waals surface area contributed by atoms with Gasteiger partial charge in [0.05, 0.1) is 6.20 Å². The Kier molecular flexibility index (Phi) is 3.80. The summed E-state index contributed by atoms with van der Waals surface area (Å²) in [7, 11) is 1.56. The maximum Gasteiger partial charge on any atom is 0.281 e. The second-order valence-electron chi connectivity index (χ2n) is 5.78. The van der Waals surface area contributed by atoms with Gasteiger partial charge in [0.25, 0.3) is 10.2 Å². The molecule has 1 atom stereocenters. The molecule has 0 radical (unpaired) electrons. The van der Waals surface area contributed by atoms with E-state index in [0.717, 1.165) is 11.1 Å². The summed E-state index contributed by atoms with van der Waals surface area (Å²) < 4.78 is 29.6. The van der Waals surface area contributed by atoms with Crippen LogP contribution in [0.2, 0.25) is 0 Å². The standard InChI is InChI=1S/C15H20N4O2S/c1-17(2)22(20,21)19-10-12-6-4-5-7-14(12)15(11-19)13-8-16-18(3)9-13/h4-9,15H,10-11H2,1-3H3. The molecule has 1 aromatic heterocycles. The lowest BCUT2D eigenvalue weighted by molar-refractivity contribution is 0.343. The van der Waals surface area contributed by atoms with Gasteiger partial charge in [-0.2, -0.15) is 22.1 Å². The summed E-state index contributed by atoms with van der Waals surface area (Å²) in [6.07, 6.45) is 3.76. The van der Waals surface area contributed by atoms with Crippen LogP contribution in [0.25, 0.3) is 0 Å². The van der Waals surface area contributed by atoms with Crippen molar-refractivity contribution in [2.75, 3.05) is 20.6 Å². The van der Waals surface area contributed by atoms with Crippen LogP contribution < -0.4 is 0 Å². The quantitative estimate of drug-likeness (QED) is 0.853. The molecule has 0 bridgehead atoms. The minimum atomic E-state index is -3.44. The lowest BCUT2D eigenvalue weighted by Gasteiger charge is -2.34. The molecule has 22 heavy (non-hydrogen) atoms. The van der Waals surface area contributed by atoms with Gasteiger partial charge in [0, 0.05) is 46.3 Å². The van der Waals surface area contributed by atoms with Crippen molar-refractivity contribution >= 4 is 10.2 Å². The van der Waals surface area contributed by atoms with Gasteiger partial charge in [-0.1, -0.05) is 24.3 Å². The van der Waals surface area contributed by atoms with E-state index in [1.54, 1.807) is 18.8 Å². The summed E-state index contributed by atoms with van der Waals surface area (Å²) in [5.74, 6) is 0.00775. The average Bonchev–Trinajstić information content (AvgIpc) is 2.92. The molecule has 0 N–H and O–H groups in total. The lowest BCUT2D eigenvalue weighted by atomic mass is 9.87. The number of nitrogens with zero attached hydrogens (tertiary/aromatic N) is 4. The molecule has 2 aromatic rings. The van der Waals surface area contributed by atoms with Crippen molar-refractivity contribution in [3.8, 4) is 0 Å². The Balaban J connectivity index is 2.06. The van der Waals surface area contributed by atoms with E-state index in [4.69, 9.17) is 0 Å². The summed E-state index contributed by atoms with van der Waals surface area (Å²) in [4.78, 5) is 0. The van der Waals surface area contributed by atoms with Gasteiger partial charge >= 0.3 is 0 Å². The molecule has 0 spiro atoms. The molecular formula is C15H20N4O2S. The minimum Gasteiger partial charge on any atom is -0.276 e. The number of fused-ring (bicyclic) bond motifs is 1. The van der Waals surface area contributed by atoms with Crippen LogP contribution in [-0.4, -0.2) is 47.4 Å². The SMILES string of the molecule is CN(C)S(=O)(=O)N1Cc2ccccc2C(c2cnn(C)c2)C1. The zero-order valence-electron chi connectivity index (χ0n) is 13.0. The Bertz CT molecular complexity index is 782. The van der Waals surface area contributed by atoms with E-state index in [9.17, 15) is 8.42 Å². The van der Waals surface area contributed by atoms with Crippen molar-refractivity contribution in [3.05, 3.63) is 53.3 Å². The van der Waals surface area contributed by atoms with Crippen molar-refractivity contribution in [1.29, 1.82) is 0 Å². The number of hydrogen-bond acceptors (Lipinski definition) is 3. The van der Waals surface area contributed by atoms with E-state index in [-0.39, 0.29) is 5.92 Å². The van der Waals surface area contributed by atoms with Crippen LogP contribution >= 0.6 is 0 Å². The van der Waals surface area contributed by atoms with Crippen molar-refractivity contribution in [3.63, 3.8) is 0 Å². The van der Waals surface area contributed by atoms with Crippen LogP contribution in [-0.2, 0) is 23.8 Å². The predicted molar refractivity (Wildman–Crippen MR) is 84.5 cm³/mol. The monoisotopic (exact) mass is 320 g/mol. The van der Waals surface area contributed by atoms with E-state index in [1.165, 1.54) is 14.2 Å². The predicted octanol–water partition coefficient (Wildman–Crippen LogP) is 1.17. The Morgan fingerprint density at radius 3 is 2.64 bits per heavy atom. The summed E-state index contributed by atoms with van der Waals surface area (Å²) in [6, 6.07) is 8.02. The Labute approximate surface area is 131 Å². The van der Waals surface area contributed by atoms with Gasteiger partial charge in [0.15, 0.2) is 0 Å². The van der Waals surface area contributed by atoms with Crippen LogP contribution in [0.15, 0.2) is 36.7 Å². The first-order chi connectivity index (χ1) is 10.4. The molecule has 0 amide bonds. The van der Waals surface area contributed by atoms with Gasteiger partial charge in [-0.15, -0.1) is 0 Å². The highest BCUT2D eigenvalue weighted by Gasteiger charge is 2.34. The van der Waals surface area contributed by atoms with Crippen LogP contribution in [0.5, 0.6) is 0 Å². The van der Waals surface area contributed by atoms with Crippen LogP contribution in [0.3, 0.4) is 0 Å². The molecule has 0 aliphatic carbocycles. The molecule has 2 heterocycles. The van der Waals surface area contributed by atoms with Gasteiger partial charge in [0.1, 0.15) is 0 Å². The topological polar surface area (TPSA) is 58.4 Å². The van der Waals surface area contributed by atoms with Gasteiger partial charge in [-0.3, -0.25) is 4.68 Å². The molecule has 1 unspecified atom stereocenters. The van der Waals surface area contributed by atoms with E-state index < -0.39 is 10.2 Å². The molecule has 0 saturated heterocycles. The maximum absolute atomic E-state index is 12.5. The molecule has 1 aliphatic heterocycles. The van der Waals surface area contributed by atoms with E-state index in [0.29, 0.717) is 13.1 Å². The van der Waals surface area contributed by atoms with E-state index >= 15 is 0 Å². The molecule has 118 valence electrons. The average molecular weight is 320 g/mol. The number of rotatable bonds is 3. The molecule has 3 rings (SSSR count). The van der Waals surface area contributed by atoms with Crippen molar-refractivity contribution in [2.24, 2.45) is 7.05 Å². The first-order valence-electron chi connectivity index (χ1n) is 7.13.